The first kappa shape index (κ1) is 20.6. The maximum Gasteiger partial charge on any atom is 0.215 e. The summed E-state index contributed by atoms with van der Waals surface area (Å²) >= 11 is 0. The highest BCUT2D eigenvalue weighted by Crippen LogP contribution is 2.25. The van der Waals surface area contributed by atoms with E-state index in [-0.39, 0.29) is 0 Å². The summed E-state index contributed by atoms with van der Waals surface area (Å²) in [6.07, 6.45) is 2.57. The topological polar surface area (TPSA) is 94.4 Å². The van der Waals surface area contributed by atoms with Crippen LogP contribution in [0.4, 0.5) is 0 Å². The van der Waals surface area contributed by atoms with Crippen LogP contribution < -0.4 is 5.32 Å². The average Bonchev–Trinajstić information content (AvgIpc) is 2.87. The van der Waals surface area contributed by atoms with Crippen molar-refractivity contribution in [3.63, 3.8) is 0 Å². The van der Waals surface area contributed by atoms with Crippen LogP contribution in [0.5, 0.6) is 0 Å². The van der Waals surface area contributed by atoms with Gasteiger partial charge in [-0.2, -0.15) is 0 Å². The molecule has 138 valence electrons. The lowest BCUT2D eigenvalue weighted by atomic mass is 10.1. The van der Waals surface area contributed by atoms with Crippen LogP contribution in [0.2, 0.25) is 0 Å². The van der Waals surface area contributed by atoms with Gasteiger partial charge in [-0.1, -0.05) is 26.7 Å². The van der Waals surface area contributed by atoms with Crippen molar-refractivity contribution < 1.29 is 19.7 Å². The molecule has 0 spiro atoms. The van der Waals surface area contributed by atoms with E-state index in [0.717, 1.165) is 31.4 Å². The van der Waals surface area contributed by atoms with Crippen molar-refractivity contribution in [2.45, 2.75) is 71.0 Å². The lowest BCUT2D eigenvalue weighted by molar-refractivity contribution is -0.131. The van der Waals surface area contributed by atoms with Crippen molar-refractivity contribution in [2.75, 3.05) is 13.6 Å². The van der Waals surface area contributed by atoms with Gasteiger partial charge in [-0.25, -0.2) is 0 Å². The number of carbonyl (C=O) groups excluding carboxylic acids is 1. The number of unbranched alkanes of at least 4 members (excludes halogenated alkanes) is 2. The normalized spacial score (nSPS) is 28.1. The minimum absolute atomic E-state index is 0.479. The summed E-state index contributed by atoms with van der Waals surface area (Å²) in [5.41, 5.74) is 0.756. The standard InChI is InChI=1S/C17H31N3O4/c1-5-7-8-9-19-16(18-4)12(3)10-20(11-21)17-15(23)14(22)13(6-2)24-17/h10-11,13-15,17,22-23H,5-9H2,1-4H3,(H,18,19)/b12-10-. The molecule has 0 aromatic heterocycles. The molecular weight excluding hydrogens is 310 g/mol. The molecule has 24 heavy (non-hydrogen) atoms. The summed E-state index contributed by atoms with van der Waals surface area (Å²) in [6.45, 7) is 6.65. The van der Waals surface area contributed by atoms with Crippen molar-refractivity contribution >= 4 is 12.2 Å². The first-order valence-corrected chi connectivity index (χ1v) is 8.63. The molecule has 0 aromatic carbocycles. The predicted octanol–water partition coefficient (Wildman–Crippen LogP) is 1.01. The van der Waals surface area contributed by atoms with Crippen LogP contribution in [0.15, 0.2) is 16.8 Å². The van der Waals surface area contributed by atoms with Gasteiger partial charge >= 0.3 is 0 Å². The summed E-state index contributed by atoms with van der Waals surface area (Å²) < 4.78 is 5.61. The van der Waals surface area contributed by atoms with Crippen LogP contribution >= 0.6 is 0 Å². The molecule has 1 amide bonds. The van der Waals surface area contributed by atoms with Crippen LogP contribution in [0.25, 0.3) is 0 Å². The van der Waals surface area contributed by atoms with Gasteiger partial charge in [0.25, 0.3) is 0 Å². The highest BCUT2D eigenvalue weighted by Gasteiger charge is 2.44. The summed E-state index contributed by atoms with van der Waals surface area (Å²) in [7, 11) is 1.68. The maximum atomic E-state index is 11.4. The summed E-state index contributed by atoms with van der Waals surface area (Å²) in [5, 5.41) is 23.3. The molecule has 1 aliphatic heterocycles. The Hall–Kier alpha value is -1.44. The lowest BCUT2D eigenvalue weighted by Gasteiger charge is -2.24. The number of hydrogen-bond donors (Lipinski definition) is 3. The van der Waals surface area contributed by atoms with E-state index in [1.807, 2.05) is 13.8 Å². The molecular formula is C17H31N3O4. The molecule has 0 bridgehead atoms. The fourth-order valence-corrected chi connectivity index (χ4v) is 2.74. The molecule has 1 fully saturated rings. The zero-order valence-corrected chi connectivity index (χ0v) is 15.1. The number of ether oxygens (including phenoxy) is 1. The van der Waals surface area contributed by atoms with E-state index in [1.165, 1.54) is 4.90 Å². The van der Waals surface area contributed by atoms with E-state index in [2.05, 4.69) is 17.2 Å². The molecule has 3 N–H and O–H groups in total. The van der Waals surface area contributed by atoms with Crippen LogP contribution in [-0.2, 0) is 9.53 Å². The molecule has 1 aliphatic rings. The van der Waals surface area contributed by atoms with Gasteiger partial charge in [0.05, 0.1) is 6.10 Å². The number of nitrogens with one attached hydrogen (secondary N) is 1. The molecule has 0 saturated carbocycles. The second kappa shape index (κ2) is 10.4. The number of aliphatic imine (C=N–C) groups is 1. The van der Waals surface area contributed by atoms with Crippen molar-refractivity contribution in [1.29, 1.82) is 0 Å². The number of rotatable bonds is 9. The Bertz CT molecular complexity index is 453. The first-order valence-electron chi connectivity index (χ1n) is 8.63. The van der Waals surface area contributed by atoms with Gasteiger partial charge in [0.2, 0.25) is 6.41 Å². The number of aliphatic hydroxyl groups is 2. The Labute approximate surface area is 144 Å². The molecule has 1 rings (SSSR count). The Morgan fingerprint density at radius 2 is 2.00 bits per heavy atom. The third-order valence-corrected chi connectivity index (χ3v) is 4.17. The molecule has 4 atom stereocenters. The van der Waals surface area contributed by atoms with E-state index < -0.39 is 24.5 Å². The van der Waals surface area contributed by atoms with Gasteiger partial charge in [0.15, 0.2) is 6.23 Å². The third-order valence-electron chi connectivity index (χ3n) is 4.17. The number of hydrogen-bond acceptors (Lipinski definition) is 5. The molecule has 1 heterocycles. The fraction of sp³-hybridized carbons (Fsp3) is 0.765. The molecule has 7 heteroatoms. The number of aliphatic hydroxyl groups excluding tert-OH is 2. The fourth-order valence-electron chi connectivity index (χ4n) is 2.74. The number of carbonyl (C=O) groups is 1. The molecule has 0 aliphatic carbocycles. The molecule has 4 unspecified atom stereocenters. The van der Waals surface area contributed by atoms with Gasteiger partial charge in [0, 0.05) is 25.4 Å². The second-order valence-corrected chi connectivity index (χ2v) is 6.03. The van der Waals surface area contributed by atoms with E-state index >= 15 is 0 Å². The minimum atomic E-state index is -1.14. The van der Waals surface area contributed by atoms with Crippen molar-refractivity contribution in [3.05, 3.63) is 11.8 Å². The number of amidine groups is 1. The largest absolute Gasteiger partial charge is 0.388 e. The Kier molecular flexibility index (Phi) is 8.95. The number of amides is 1. The zero-order chi connectivity index (χ0) is 18.1. The Balaban J connectivity index is 2.77. The van der Waals surface area contributed by atoms with Crippen LogP contribution in [0, 0.1) is 0 Å². The van der Waals surface area contributed by atoms with E-state index in [4.69, 9.17) is 4.74 Å². The van der Waals surface area contributed by atoms with Gasteiger partial charge < -0.3 is 20.3 Å². The van der Waals surface area contributed by atoms with Gasteiger partial charge in [-0.3, -0.25) is 14.7 Å². The molecule has 0 radical (unpaired) electrons. The van der Waals surface area contributed by atoms with Crippen molar-refractivity contribution in [1.82, 2.24) is 10.2 Å². The summed E-state index contributed by atoms with van der Waals surface area (Å²) in [4.78, 5) is 16.9. The zero-order valence-electron chi connectivity index (χ0n) is 15.1. The third kappa shape index (κ3) is 5.29. The summed E-state index contributed by atoms with van der Waals surface area (Å²) in [6, 6.07) is 0. The first-order chi connectivity index (χ1) is 11.5. The quantitative estimate of drug-likeness (QED) is 0.252. The number of nitrogens with zero attached hydrogens (tertiary/aromatic N) is 2. The smallest absolute Gasteiger partial charge is 0.215 e. The highest BCUT2D eigenvalue weighted by molar-refractivity contribution is 5.97. The van der Waals surface area contributed by atoms with Gasteiger partial charge in [-0.15, -0.1) is 0 Å². The van der Waals surface area contributed by atoms with Crippen molar-refractivity contribution in [3.8, 4) is 0 Å². The molecule has 1 saturated heterocycles. The van der Waals surface area contributed by atoms with E-state index in [1.54, 1.807) is 13.2 Å². The predicted molar refractivity (Wildman–Crippen MR) is 93.5 cm³/mol. The molecule has 0 aromatic rings. The van der Waals surface area contributed by atoms with Gasteiger partial charge in [-0.05, 0) is 19.8 Å². The van der Waals surface area contributed by atoms with Crippen LogP contribution in [0.3, 0.4) is 0 Å². The second-order valence-electron chi connectivity index (χ2n) is 6.03. The van der Waals surface area contributed by atoms with Crippen molar-refractivity contribution in [2.24, 2.45) is 4.99 Å². The van der Waals surface area contributed by atoms with E-state index in [9.17, 15) is 15.0 Å². The SMILES string of the molecule is CCCCCNC(=NC)/C(C)=C\N(C=O)C1OC(CC)C(O)C1O. The average molecular weight is 341 g/mol. The van der Waals surface area contributed by atoms with E-state index in [0.29, 0.717) is 18.7 Å². The highest BCUT2D eigenvalue weighted by atomic mass is 16.6. The van der Waals surface area contributed by atoms with Crippen LogP contribution in [0.1, 0.15) is 46.5 Å². The summed E-state index contributed by atoms with van der Waals surface area (Å²) in [5.74, 6) is 0.693. The monoisotopic (exact) mass is 341 g/mol. The Morgan fingerprint density at radius 3 is 2.50 bits per heavy atom. The minimum Gasteiger partial charge on any atom is -0.388 e. The van der Waals surface area contributed by atoms with Crippen LogP contribution in [-0.4, -0.2) is 65.5 Å². The lowest BCUT2D eigenvalue weighted by Crippen LogP contribution is -2.41. The van der Waals surface area contributed by atoms with Gasteiger partial charge in [0.1, 0.15) is 18.0 Å². The molecule has 7 nitrogen and oxygen atoms in total. The Morgan fingerprint density at radius 1 is 1.29 bits per heavy atom. The maximum absolute atomic E-state index is 11.4.